The molecule has 0 spiro atoms. The van der Waals surface area contributed by atoms with E-state index in [4.69, 9.17) is 13.6 Å². The third kappa shape index (κ3) is 4.13. The van der Waals surface area contributed by atoms with Crippen LogP contribution in [0.1, 0.15) is 11.1 Å². The Morgan fingerprint density at radius 1 is 1.30 bits per heavy atom. The lowest BCUT2D eigenvalue weighted by atomic mass is 10.2. The lowest BCUT2D eigenvalue weighted by Gasteiger charge is -2.20. The Morgan fingerprint density at radius 2 is 2.10 bits per heavy atom. The predicted molar refractivity (Wildman–Crippen MR) is 73.7 cm³/mol. The number of furan rings is 2. The standard InChI is InChI=1S/C15H17NO4/c1-18-9-6-16(10-14-5-8-20-12-14)15(17)3-2-13-4-7-19-11-13/h2-5,7-8,11-12H,6,9-10H2,1H3. The van der Waals surface area contributed by atoms with Crippen molar-refractivity contribution in [3.8, 4) is 0 Å². The summed E-state index contributed by atoms with van der Waals surface area (Å²) in [5.74, 6) is -0.0792. The van der Waals surface area contributed by atoms with E-state index in [0.717, 1.165) is 11.1 Å². The van der Waals surface area contributed by atoms with E-state index >= 15 is 0 Å². The molecule has 5 nitrogen and oxygen atoms in total. The zero-order valence-corrected chi connectivity index (χ0v) is 11.3. The molecule has 0 bridgehead atoms. The molecule has 2 rings (SSSR count). The zero-order valence-electron chi connectivity index (χ0n) is 11.3. The molecule has 0 aliphatic rings. The van der Waals surface area contributed by atoms with E-state index in [1.807, 2.05) is 6.07 Å². The van der Waals surface area contributed by atoms with Gasteiger partial charge in [-0.05, 0) is 18.2 Å². The minimum atomic E-state index is -0.0792. The molecule has 5 heteroatoms. The van der Waals surface area contributed by atoms with Crippen LogP contribution in [0.3, 0.4) is 0 Å². The number of carbonyl (C=O) groups excluding carboxylic acids is 1. The summed E-state index contributed by atoms with van der Waals surface area (Å²) in [5, 5.41) is 0. The number of rotatable bonds is 7. The summed E-state index contributed by atoms with van der Waals surface area (Å²) in [4.78, 5) is 13.9. The average molecular weight is 275 g/mol. The third-order valence-corrected chi connectivity index (χ3v) is 2.79. The Balaban J connectivity index is 1.99. The molecule has 2 aromatic rings. The molecule has 0 saturated carbocycles. The van der Waals surface area contributed by atoms with E-state index in [2.05, 4.69) is 0 Å². The van der Waals surface area contributed by atoms with Crippen LogP contribution in [0.25, 0.3) is 6.08 Å². The van der Waals surface area contributed by atoms with Gasteiger partial charge in [-0.3, -0.25) is 4.79 Å². The van der Waals surface area contributed by atoms with Gasteiger partial charge in [0.25, 0.3) is 0 Å². The maximum Gasteiger partial charge on any atom is 0.246 e. The Labute approximate surface area is 117 Å². The molecule has 0 atom stereocenters. The van der Waals surface area contributed by atoms with Gasteiger partial charge in [0.1, 0.15) is 0 Å². The predicted octanol–water partition coefficient (Wildman–Crippen LogP) is 2.56. The number of nitrogens with zero attached hydrogens (tertiary/aromatic N) is 1. The van der Waals surface area contributed by atoms with Crippen LogP contribution >= 0.6 is 0 Å². The second-order valence-electron chi connectivity index (χ2n) is 4.27. The zero-order chi connectivity index (χ0) is 14.2. The van der Waals surface area contributed by atoms with E-state index in [0.29, 0.717) is 19.7 Å². The number of carbonyl (C=O) groups is 1. The topological polar surface area (TPSA) is 55.8 Å². The molecule has 0 aliphatic heterocycles. The molecule has 0 saturated heterocycles. The van der Waals surface area contributed by atoms with E-state index in [1.54, 1.807) is 49.2 Å². The fourth-order valence-electron chi connectivity index (χ4n) is 1.71. The smallest absolute Gasteiger partial charge is 0.246 e. The van der Waals surface area contributed by atoms with Crippen LogP contribution < -0.4 is 0 Å². The molecule has 2 heterocycles. The van der Waals surface area contributed by atoms with Gasteiger partial charge >= 0.3 is 0 Å². The number of hydrogen-bond acceptors (Lipinski definition) is 4. The second-order valence-corrected chi connectivity index (χ2v) is 4.27. The van der Waals surface area contributed by atoms with Crippen LogP contribution in [0.5, 0.6) is 0 Å². The minimum Gasteiger partial charge on any atom is -0.472 e. The van der Waals surface area contributed by atoms with Crippen molar-refractivity contribution in [3.63, 3.8) is 0 Å². The molecule has 0 fully saturated rings. The van der Waals surface area contributed by atoms with E-state index in [9.17, 15) is 4.79 Å². The summed E-state index contributed by atoms with van der Waals surface area (Å²) >= 11 is 0. The first-order chi connectivity index (χ1) is 9.79. The van der Waals surface area contributed by atoms with Gasteiger partial charge in [0.15, 0.2) is 0 Å². The maximum absolute atomic E-state index is 12.2. The third-order valence-electron chi connectivity index (χ3n) is 2.79. The van der Waals surface area contributed by atoms with Gasteiger partial charge in [-0.2, -0.15) is 0 Å². The quantitative estimate of drug-likeness (QED) is 0.729. The van der Waals surface area contributed by atoms with Crippen LogP contribution in [-0.4, -0.2) is 31.1 Å². The van der Waals surface area contributed by atoms with Gasteiger partial charge in [-0.1, -0.05) is 0 Å². The van der Waals surface area contributed by atoms with Gasteiger partial charge in [0.05, 0.1) is 31.7 Å². The molecular weight excluding hydrogens is 258 g/mol. The van der Waals surface area contributed by atoms with Crippen molar-refractivity contribution in [3.05, 3.63) is 54.4 Å². The largest absolute Gasteiger partial charge is 0.472 e. The fourth-order valence-corrected chi connectivity index (χ4v) is 1.71. The van der Waals surface area contributed by atoms with Crippen molar-refractivity contribution in [2.75, 3.05) is 20.3 Å². The van der Waals surface area contributed by atoms with Gasteiger partial charge in [-0.25, -0.2) is 0 Å². The average Bonchev–Trinajstić information content (AvgIpc) is 3.13. The number of methoxy groups -OCH3 is 1. The van der Waals surface area contributed by atoms with Crippen LogP contribution in [0.2, 0.25) is 0 Å². The normalized spacial score (nSPS) is 11.1. The summed E-state index contributed by atoms with van der Waals surface area (Å²) in [6.45, 7) is 1.51. The molecule has 0 aliphatic carbocycles. The summed E-state index contributed by atoms with van der Waals surface area (Å²) < 4.78 is 15.0. The molecular formula is C15H17NO4. The molecule has 106 valence electrons. The van der Waals surface area contributed by atoms with E-state index < -0.39 is 0 Å². The van der Waals surface area contributed by atoms with Crippen molar-refractivity contribution in [2.24, 2.45) is 0 Å². The summed E-state index contributed by atoms with van der Waals surface area (Å²) in [6.07, 6.45) is 9.63. The van der Waals surface area contributed by atoms with Gasteiger partial charge in [-0.15, -0.1) is 0 Å². The van der Waals surface area contributed by atoms with Crippen molar-refractivity contribution in [1.29, 1.82) is 0 Å². The molecule has 0 unspecified atom stereocenters. The highest BCUT2D eigenvalue weighted by Gasteiger charge is 2.11. The summed E-state index contributed by atoms with van der Waals surface area (Å²) in [5.41, 5.74) is 1.81. The fraction of sp³-hybridized carbons (Fsp3) is 0.267. The van der Waals surface area contributed by atoms with Crippen LogP contribution in [0, 0.1) is 0 Å². The first kappa shape index (κ1) is 14.1. The Morgan fingerprint density at radius 3 is 2.75 bits per heavy atom. The Hall–Kier alpha value is -2.27. The van der Waals surface area contributed by atoms with Gasteiger partial charge < -0.3 is 18.5 Å². The van der Waals surface area contributed by atoms with Crippen LogP contribution in [-0.2, 0) is 16.1 Å². The molecule has 0 radical (unpaired) electrons. The van der Waals surface area contributed by atoms with Crippen molar-refractivity contribution in [2.45, 2.75) is 6.54 Å². The molecule has 2 aromatic heterocycles. The summed E-state index contributed by atoms with van der Waals surface area (Å²) in [6, 6.07) is 3.63. The highest BCUT2D eigenvalue weighted by Crippen LogP contribution is 2.08. The Bertz CT molecular complexity index is 528. The maximum atomic E-state index is 12.2. The van der Waals surface area contributed by atoms with Crippen LogP contribution in [0.15, 0.2) is 52.1 Å². The number of hydrogen-bond donors (Lipinski definition) is 0. The Kier molecular flexibility index (Phi) is 5.20. The SMILES string of the molecule is COCCN(Cc1ccoc1)C(=O)C=Cc1ccoc1. The molecule has 1 amide bonds. The monoisotopic (exact) mass is 275 g/mol. The van der Waals surface area contributed by atoms with Gasteiger partial charge in [0, 0.05) is 37.4 Å². The lowest BCUT2D eigenvalue weighted by Crippen LogP contribution is -2.31. The minimum absolute atomic E-state index is 0.0792. The van der Waals surface area contributed by atoms with Gasteiger partial charge in [0.2, 0.25) is 5.91 Å². The number of ether oxygens (including phenoxy) is 1. The van der Waals surface area contributed by atoms with Crippen molar-refractivity contribution >= 4 is 12.0 Å². The highest BCUT2D eigenvalue weighted by molar-refractivity contribution is 5.91. The van der Waals surface area contributed by atoms with Crippen molar-refractivity contribution in [1.82, 2.24) is 4.90 Å². The second kappa shape index (κ2) is 7.35. The summed E-state index contributed by atoms with van der Waals surface area (Å²) in [7, 11) is 1.61. The highest BCUT2D eigenvalue weighted by atomic mass is 16.5. The molecule has 20 heavy (non-hydrogen) atoms. The van der Waals surface area contributed by atoms with E-state index in [-0.39, 0.29) is 5.91 Å². The molecule has 0 N–H and O–H groups in total. The van der Waals surface area contributed by atoms with Crippen molar-refractivity contribution < 1.29 is 18.4 Å². The van der Waals surface area contributed by atoms with Crippen LogP contribution in [0.4, 0.5) is 0 Å². The first-order valence-corrected chi connectivity index (χ1v) is 6.29. The molecule has 0 aromatic carbocycles. The first-order valence-electron chi connectivity index (χ1n) is 6.29. The lowest BCUT2D eigenvalue weighted by molar-refractivity contribution is -0.127. The van der Waals surface area contributed by atoms with E-state index in [1.165, 1.54) is 6.08 Å². The number of amides is 1.